The third kappa shape index (κ3) is 5.30. The van der Waals surface area contributed by atoms with Crippen molar-refractivity contribution in [1.82, 2.24) is 9.29 Å². The summed E-state index contributed by atoms with van der Waals surface area (Å²) in [5.74, 6) is -0.277. The van der Waals surface area contributed by atoms with Crippen LogP contribution in [0, 0.1) is 0 Å². The average molecular weight is 489 g/mol. The maximum Gasteiger partial charge on any atom is 0.417 e. The Hall–Kier alpha value is -3.06. The number of nitrogens with zero attached hydrogens (tertiary/aromatic N) is 3. The topological polar surface area (TPSA) is 98.3 Å². The summed E-state index contributed by atoms with van der Waals surface area (Å²) in [5.41, 5.74) is -0.862. The van der Waals surface area contributed by atoms with E-state index in [9.17, 15) is 26.4 Å². The van der Waals surface area contributed by atoms with Gasteiger partial charge in [0.15, 0.2) is 17.2 Å². The second kappa shape index (κ2) is 9.43. The first-order chi connectivity index (χ1) is 15.5. The zero-order valence-corrected chi connectivity index (χ0v) is 18.9. The monoisotopic (exact) mass is 489 g/mol. The highest BCUT2D eigenvalue weighted by molar-refractivity contribution is 7.89. The molecule has 1 aromatic heterocycles. The van der Waals surface area contributed by atoms with Gasteiger partial charge in [0.2, 0.25) is 10.0 Å². The highest BCUT2D eigenvalue weighted by Crippen LogP contribution is 2.38. The number of methoxy groups -OCH3 is 2. The summed E-state index contributed by atoms with van der Waals surface area (Å²) in [6.45, 7) is 1.63. The number of pyridine rings is 1. The number of benzene rings is 1. The molecule has 0 atom stereocenters. The van der Waals surface area contributed by atoms with Crippen molar-refractivity contribution in [2.45, 2.75) is 18.0 Å². The van der Waals surface area contributed by atoms with Gasteiger partial charge in [0.25, 0.3) is 0 Å². The first kappa shape index (κ1) is 24.6. The second-order valence-electron chi connectivity index (χ2n) is 7.04. The van der Waals surface area contributed by atoms with Crippen molar-refractivity contribution in [3.05, 3.63) is 36.0 Å². The summed E-state index contributed by atoms with van der Waals surface area (Å²) < 4.78 is 81.5. The van der Waals surface area contributed by atoms with Crippen molar-refractivity contribution >= 4 is 21.8 Å². The van der Waals surface area contributed by atoms with E-state index >= 15 is 0 Å². The molecule has 180 valence electrons. The smallest absolute Gasteiger partial charge is 0.417 e. The molecule has 3 rings (SSSR count). The number of esters is 1. The molecule has 9 nitrogen and oxygen atoms in total. The number of halogens is 3. The molecule has 0 aliphatic carbocycles. The van der Waals surface area contributed by atoms with E-state index in [0.717, 1.165) is 19.2 Å². The number of rotatable bonds is 6. The van der Waals surface area contributed by atoms with Crippen molar-refractivity contribution in [1.29, 1.82) is 0 Å². The maximum atomic E-state index is 13.3. The van der Waals surface area contributed by atoms with Crippen molar-refractivity contribution in [2.24, 2.45) is 0 Å². The van der Waals surface area contributed by atoms with E-state index in [0.29, 0.717) is 5.82 Å². The van der Waals surface area contributed by atoms with Gasteiger partial charge in [0, 0.05) is 51.4 Å². The number of carbonyl (C=O) groups is 1. The zero-order chi connectivity index (χ0) is 24.4. The van der Waals surface area contributed by atoms with Gasteiger partial charge >= 0.3 is 12.1 Å². The Kier molecular flexibility index (Phi) is 7.03. The van der Waals surface area contributed by atoms with E-state index < -0.39 is 27.7 Å². The van der Waals surface area contributed by atoms with Gasteiger partial charge in [0.05, 0.1) is 19.8 Å². The first-order valence-electron chi connectivity index (χ1n) is 9.70. The fourth-order valence-corrected chi connectivity index (χ4v) is 4.85. The van der Waals surface area contributed by atoms with E-state index in [1.54, 1.807) is 4.90 Å². The highest BCUT2D eigenvalue weighted by atomic mass is 32.2. The van der Waals surface area contributed by atoms with Crippen LogP contribution in [0.4, 0.5) is 19.0 Å². The lowest BCUT2D eigenvalue weighted by Crippen LogP contribution is -2.49. The van der Waals surface area contributed by atoms with Crippen molar-refractivity contribution in [3.63, 3.8) is 0 Å². The SMILES string of the molecule is COc1cc(OC(C)=O)c(S(=O)(=O)N2CCN(c3ccc(C(F)(F)F)cn3)CC2)cc1OC. The van der Waals surface area contributed by atoms with Gasteiger partial charge in [-0.3, -0.25) is 4.79 Å². The molecule has 2 heterocycles. The largest absolute Gasteiger partial charge is 0.493 e. The molecule has 0 bridgehead atoms. The summed E-state index contributed by atoms with van der Waals surface area (Å²) in [6, 6.07) is 4.66. The van der Waals surface area contributed by atoms with Crippen LogP contribution in [0.2, 0.25) is 0 Å². The third-order valence-corrected chi connectivity index (χ3v) is 6.88. The van der Waals surface area contributed by atoms with E-state index in [1.165, 1.54) is 36.7 Å². The lowest BCUT2D eigenvalue weighted by Gasteiger charge is -2.35. The van der Waals surface area contributed by atoms with Crippen LogP contribution in [-0.4, -0.2) is 64.1 Å². The molecule has 1 aromatic carbocycles. The Balaban J connectivity index is 1.83. The number of aromatic nitrogens is 1. The molecular weight excluding hydrogens is 467 g/mol. The number of piperazine rings is 1. The number of sulfonamides is 1. The van der Waals surface area contributed by atoms with Crippen LogP contribution in [-0.2, 0) is 21.0 Å². The fraction of sp³-hybridized carbons (Fsp3) is 0.400. The molecule has 0 saturated carbocycles. The molecule has 0 N–H and O–H groups in total. The molecular formula is C20H22F3N3O6S. The normalized spacial score (nSPS) is 15.3. The predicted molar refractivity (Wildman–Crippen MR) is 111 cm³/mol. The molecule has 1 aliphatic heterocycles. The molecule has 13 heteroatoms. The van der Waals surface area contributed by atoms with E-state index in [4.69, 9.17) is 14.2 Å². The Morgan fingerprint density at radius 1 is 1.00 bits per heavy atom. The van der Waals surface area contributed by atoms with Crippen LogP contribution in [0.15, 0.2) is 35.4 Å². The molecule has 1 fully saturated rings. The molecule has 0 amide bonds. The Bertz CT molecular complexity index is 1120. The fourth-order valence-electron chi connectivity index (χ4n) is 3.32. The van der Waals surface area contributed by atoms with Gasteiger partial charge in [-0.1, -0.05) is 0 Å². The quantitative estimate of drug-likeness (QED) is 0.451. The van der Waals surface area contributed by atoms with Gasteiger partial charge in [-0.2, -0.15) is 17.5 Å². The molecule has 0 radical (unpaired) electrons. The molecule has 1 saturated heterocycles. The average Bonchev–Trinajstić information content (AvgIpc) is 2.77. The third-order valence-electron chi connectivity index (χ3n) is 4.96. The van der Waals surface area contributed by atoms with E-state index in [1.807, 2.05) is 0 Å². The first-order valence-corrected chi connectivity index (χ1v) is 11.1. The lowest BCUT2D eigenvalue weighted by molar-refractivity contribution is -0.138. The minimum Gasteiger partial charge on any atom is -0.493 e. The Labute approximate surface area is 188 Å². The summed E-state index contributed by atoms with van der Waals surface area (Å²) in [6.07, 6.45) is -3.75. The van der Waals surface area contributed by atoms with Crippen molar-refractivity contribution in [3.8, 4) is 17.2 Å². The van der Waals surface area contributed by atoms with Crippen LogP contribution in [0.3, 0.4) is 0 Å². The van der Waals surface area contributed by atoms with Crippen LogP contribution in [0.1, 0.15) is 12.5 Å². The Morgan fingerprint density at radius 3 is 2.09 bits per heavy atom. The van der Waals surface area contributed by atoms with Gasteiger partial charge in [-0.25, -0.2) is 13.4 Å². The number of hydrogen-bond acceptors (Lipinski definition) is 8. The van der Waals surface area contributed by atoms with Gasteiger partial charge < -0.3 is 19.1 Å². The number of anilines is 1. The summed E-state index contributed by atoms with van der Waals surface area (Å²) in [4.78, 5) is 16.8. The van der Waals surface area contributed by atoms with Crippen LogP contribution >= 0.6 is 0 Å². The van der Waals surface area contributed by atoms with Gasteiger partial charge in [-0.15, -0.1) is 0 Å². The molecule has 0 unspecified atom stereocenters. The minimum atomic E-state index is -4.49. The van der Waals surface area contributed by atoms with Gasteiger partial charge in [-0.05, 0) is 12.1 Å². The van der Waals surface area contributed by atoms with Crippen LogP contribution in [0.5, 0.6) is 17.2 Å². The number of ether oxygens (including phenoxy) is 3. The highest BCUT2D eigenvalue weighted by Gasteiger charge is 2.34. The predicted octanol–water partition coefficient (Wildman–Crippen LogP) is 2.55. The Morgan fingerprint density at radius 2 is 1.61 bits per heavy atom. The summed E-state index contributed by atoms with van der Waals surface area (Å²) in [5, 5.41) is 0. The van der Waals surface area contributed by atoms with Crippen molar-refractivity contribution < 1.29 is 40.6 Å². The molecule has 2 aromatic rings. The lowest BCUT2D eigenvalue weighted by atomic mass is 10.2. The molecule has 33 heavy (non-hydrogen) atoms. The molecule has 0 spiro atoms. The van der Waals surface area contributed by atoms with Gasteiger partial charge in [0.1, 0.15) is 10.7 Å². The standard InChI is InChI=1S/C20H22F3N3O6S/c1-13(27)32-17-10-15(30-2)16(31-3)11-18(17)33(28,29)26-8-6-25(7-9-26)19-5-4-14(12-24-19)20(21,22)23/h4-5,10-12H,6-9H2,1-3H3. The maximum absolute atomic E-state index is 13.3. The van der Waals surface area contributed by atoms with E-state index in [2.05, 4.69) is 4.98 Å². The van der Waals surface area contributed by atoms with Crippen LogP contribution < -0.4 is 19.1 Å². The van der Waals surface area contributed by atoms with E-state index in [-0.39, 0.29) is 48.3 Å². The molecule has 1 aliphatic rings. The van der Waals surface area contributed by atoms with Crippen LogP contribution in [0.25, 0.3) is 0 Å². The number of alkyl halides is 3. The summed E-state index contributed by atoms with van der Waals surface area (Å²) in [7, 11) is -1.40. The zero-order valence-electron chi connectivity index (χ0n) is 18.0. The number of carbonyl (C=O) groups excluding carboxylic acids is 1. The van der Waals surface area contributed by atoms with Crippen molar-refractivity contribution in [2.75, 3.05) is 45.3 Å². The second-order valence-corrected chi connectivity index (χ2v) is 8.95. The minimum absolute atomic E-state index is 0.0406. The summed E-state index contributed by atoms with van der Waals surface area (Å²) >= 11 is 0. The number of hydrogen-bond donors (Lipinski definition) is 0.